The maximum atomic E-state index is 12.6. The summed E-state index contributed by atoms with van der Waals surface area (Å²) in [4.78, 5) is 36.3. The lowest BCUT2D eigenvalue weighted by molar-refractivity contribution is -0.147. The van der Waals surface area contributed by atoms with Gasteiger partial charge >= 0.3 is 17.9 Å². The molecular formula is C32H54O7. The molecule has 0 unspecified atom stereocenters. The van der Waals surface area contributed by atoms with Crippen LogP contribution in [-0.4, -0.2) is 41.8 Å². The minimum Gasteiger partial charge on any atom is -0.466 e. The fourth-order valence-corrected chi connectivity index (χ4v) is 4.83. The molecule has 0 saturated heterocycles. The van der Waals surface area contributed by atoms with Crippen LogP contribution >= 0.6 is 0 Å². The average Bonchev–Trinajstić information content (AvgIpc) is 3.19. The Kier molecular flexibility index (Phi) is 19.4. The fourth-order valence-electron chi connectivity index (χ4n) is 4.83. The molecule has 1 aliphatic rings. The van der Waals surface area contributed by atoms with E-state index in [-0.39, 0.29) is 23.8 Å². The van der Waals surface area contributed by atoms with Crippen molar-refractivity contribution < 1.29 is 33.7 Å². The number of carbonyl (C=O) groups is 3. The number of aliphatic hydroxyl groups is 1. The van der Waals surface area contributed by atoms with Crippen molar-refractivity contribution in [3.8, 4) is 0 Å². The first kappa shape index (κ1) is 34.9. The third-order valence-electron chi connectivity index (χ3n) is 7.07. The Balaban J connectivity index is 2.86. The highest BCUT2D eigenvalue weighted by atomic mass is 16.6. The van der Waals surface area contributed by atoms with Crippen molar-refractivity contribution in [2.24, 2.45) is 5.92 Å². The number of hydrogen-bond donors (Lipinski definition) is 1. The van der Waals surface area contributed by atoms with Crippen molar-refractivity contribution in [2.75, 3.05) is 6.61 Å². The molecule has 0 amide bonds. The van der Waals surface area contributed by atoms with E-state index in [1.165, 1.54) is 6.92 Å². The Labute approximate surface area is 236 Å². The van der Waals surface area contributed by atoms with Crippen LogP contribution in [0, 0.1) is 5.92 Å². The second kappa shape index (κ2) is 21.6. The van der Waals surface area contributed by atoms with Crippen LogP contribution in [0.15, 0.2) is 23.5 Å². The largest absolute Gasteiger partial charge is 0.466 e. The summed E-state index contributed by atoms with van der Waals surface area (Å²) in [6.45, 7) is 8.18. The summed E-state index contributed by atoms with van der Waals surface area (Å²) in [6, 6.07) is 0. The second-order valence-electron chi connectivity index (χ2n) is 10.7. The Hall–Kier alpha value is -2.15. The van der Waals surface area contributed by atoms with E-state index in [9.17, 15) is 19.5 Å². The molecular weight excluding hydrogens is 496 g/mol. The van der Waals surface area contributed by atoms with Crippen molar-refractivity contribution in [2.45, 2.75) is 149 Å². The van der Waals surface area contributed by atoms with Gasteiger partial charge in [-0.15, -0.1) is 0 Å². The lowest BCUT2D eigenvalue weighted by Crippen LogP contribution is -2.22. The topological polar surface area (TPSA) is 99.1 Å². The van der Waals surface area contributed by atoms with Crippen LogP contribution < -0.4 is 0 Å². The third kappa shape index (κ3) is 15.9. The molecule has 0 bridgehead atoms. The number of ether oxygens (including phenoxy) is 3. The van der Waals surface area contributed by atoms with E-state index in [4.69, 9.17) is 14.2 Å². The van der Waals surface area contributed by atoms with E-state index in [1.807, 2.05) is 6.08 Å². The Morgan fingerprint density at radius 1 is 0.872 bits per heavy atom. The number of rotatable bonds is 22. The first-order chi connectivity index (χ1) is 18.8. The van der Waals surface area contributed by atoms with E-state index in [0.29, 0.717) is 44.5 Å². The molecule has 0 saturated carbocycles. The molecule has 1 rings (SSSR count). The van der Waals surface area contributed by atoms with Crippen LogP contribution in [0.1, 0.15) is 137 Å². The highest BCUT2D eigenvalue weighted by molar-refractivity contribution is 5.71. The molecule has 39 heavy (non-hydrogen) atoms. The quantitative estimate of drug-likeness (QED) is 0.0645. The summed E-state index contributed by atoms with van der Waals surface area (Å²) in [6.07, 6.45) is 16.6. The molecule has 7 nitrogen and oxygen atoms in total. The summed E-state index contributed by atoms with van der Waals surface area (Å²) >= 11 is 0. The molecule has 3 atom stereocenters. The first-order valence-electron chi connectivity index (χ1n) is 15.4. The van der Waals surface area contributed by atoms with E-state index >= 15 is 0 Å². The van der Waals surface area contributed by atoms with E-state index in [0.717, 1.165) is 82.6 Å². The number of unbranched alkanes of at least 4 members (excludes halogenated alkanes) is 8. The summed E-state index contributed by atoms with van der Waals surface area (Å²) < 4.78 is 16.7. The van der Waals surface area contributed by atoms with Gasteiger partial charge in [0.05, 0.1) is 12.7 Å². The minimum absolute atomic E-state index is 0.133. The van der Waals surface area contributed by atoms with Crippen LogP contribution in [0.3, 0.4) is 0 Å². The number of carbonyl (C=O) groups excluding carboxylic acids is 3. The standard InChI is InChI=1S/C32H54O7/c1-5-8-13-17-26(34)21-22-28-27(18-15-11-12-16-19-31(35)37-23-10-7-3)30(24-29(28)38-25(4)33)39-32(36)20-14-9-6-2/h21-22,26,28-29,34H,5-20,23-24H2,1-4H3/b22-21+/t26-,28+,29+/m0/s1. The van der Waals surface area contributed by atoms with E-state index in [2.05, 4.69) is 20.8 Å². The molecule has 0 spiro atoms. The summed E-state index contributed by atoms with van der Waals surface area (Å²) in [5.74, 6) is -0.379. The van der Waals surface area contributed by atoms with Gasteiger partial charge in [0, 0.05) is 32.1 Å². The zero-order chi connectivity index (χ0) is 28.9. The van der Waals surface area contributed by atoms with Crippen molar-refractivity contribution in [3.05, 3.63) is 23.5 Å². The molecule has 0 aromatic carbocycles. The van der Waals surface area contributed by atoms with E-state index < -0.39 is 12.2 Å². The van der Waals surface area contributed by atoms with Crippen molar-refractivity contribution in [1.29, 1.82) is 0 Å². The second-order valence-corrected chi connectivity index (χ2v) is 10.7. The molecule has 0 fully saturated rings. The van der Waals surface area contributed by atoms with Gasteiger partial charge in [0.1, 0.15) is 11.9 Å². The molecule has 0 radical (unpaired) electrons. The summed E-state index contributed by atoms with van der Waals surface area (Å²) in [5.41, 5.74) is 0.973. The van der Waals surface area contributed by atoms with Gasteiger partial charge in [0.25, 0.3) is 0 Å². The molecule has 7 heteroatoms. The van der Waals surface area contributed by atoms with Gasteiger partial charge in [-0.1, -0.05) is 84.3 Å². The zero-order valence-corrected chi connectivity index (χ0v) is 25.0. The maximum Gasteiger partial charge on any atom is 0.310 e. The first-order valence-corrected chi connectivity index (χ1v) is 15.4. The zero-order valence-electron chi connectivity index (χ0n) is 25.0. The highest BCUT2D eigenvalue weighted by Crippen LogP contribution is 2.39. The predicted octanol–water partition coefficient (Wildman–Crippen LogP) is 7.50. The van der Waals surface area contributed by atoms with E-state index in [1.54, 1.807) is 6.08 Å². The predicted molar refractivity (Wildman–Crippen MR) is 154 cm³/mol. The molecule has 0 heterocycles. The van der Waals surface area contributed by atoms with Gasteiger partial charge in [-0.25, -0.2) is 0 Å². The van der Waals surface area contributed by atoms with Crippen LogP contribution in [-0.2, 0) is 28.6 Å². The molecule has 1 N–H and O–H groups in total. The minimum atomic E-state index is -0.562. The number of aliphatic hydroxyl groups excluding tert-OH is 1. The summed E-state index contributed by atoms with van der Waals surface area (Å²) in [7, 11) is 0. The average molecular weight is 551 g/mol. The Bertz CT molecular complexity index is 770. The molecule has 0 aromatic rings. The summed E-state index contributed by atoms with van der Waals surface area (Å²) in [5, 5.41) is 10.5. The smallest absolute Gasteiger partial charge is 0.310 e. The molecule has 0 aliphatic heterocycles. The molecule has 1 aliphatic carbocycles. The van der Waals surface area contributed by atoms with Crippen LogP contribution in [0.2, 0.25) is 0 Å². The molecule has 0 aromatic heterocycles. The lowest BCUT2D eigenvalue weighted by Gasteiger charge is -2.20. The van der Waals surface area contributed by atoms with Crippen LogP contribution in [0.5, 0.6) is 0 Å². The van der Waals surface area contributed by atoms with Crippen molar-refractivity contribution in [1.82, 2.24) is 0 Å². The van der Waals surface area contributed by atoms with Crippen molar-refractivity contribution >= 4 is 17.9 Å². The maximum absolute atomic E-state index is 12.6. The number of hydrogen-bond acceptors (Lipinski definition) is 7. The highest BCUT2D eigenvalue weighted by Gasteiger charge is 2.37. The van der Waals surface area contributed by atoms with Crippen LogP contribution in [0.4, 0.5) is 0 Å². The molecule has 224 valence electrons. The lowest BCUT2D eigenvalue weighted by atomic mass is 9.93. The van der Waals surface area contributed by atoms with Gasteiger partial charge in [0.15, 0.2) is 0 Å². The monoisotopic (exact) mass is 550 g/mol. The fraction of sp³-hybridized carbons (Fsp3) is 0.781. The Morgan fingerprint density at radius 2 is 1.51 bits per heavy atom. The number of esters is 3. The Morgan fingerprint density at radius 3 is 2.21 bits per heavy atom. The van der Waals surface area contributed by atoms with Gasteiger partial charge in [-0.3, -0.25) is 14.4 Å². The van der Waals surface area contributed by atoms with Gasteiger partial charge in [-0.2, -0.15) is 0 Å². The van der Waals surface area contributed by atoms with Gasteiger partial charge in [0.2, 0.25) is 0 Å². The van der Waals surface area contributed by atoms with Gasteiger partial charge in [-0.05, 0) is 44.1 Å². The SMILES string of the molecule is CCCCCC(=O)OC1=C(CCCCCCC(=O)OCCCC)[C@@H](/C=C/[C@@H](O)CCCCC)[C@H](OC(C)=O)C1. The normalized spacial score (nSPS) is 18.0. The third-order valence-corrected chi connectivity index (χ3v) is 7.07. The van der Waals surface area contributed by atoms with Gasteiger partial charge < -0.3 is 19.3 Å². The van der Waals surface area contributed by atoms with Crippen molar-refractivity contribution in [3.63, 3.8) is 0 Å². The van der Waals surface area contributed by atoms with Crippen LogP contribution in [0.25, 0.3) is 0 Å².